The lowest BCUT2D eigenvalue weighted by Gasteiger charge is -2.05. The van der Waals surface area contributed by atoms with Gasteiger partial charge in [0.1, 0.15) is 28.7 Å². The molecular formula is C10H7F2N3O2. The van der Waals surface area contributed by atoms with E-state index in [1.807, 2.05) is 0 Å². The highest BCUT2D eigenvalue weighted by Gasteiger charge is 2.17. The number of carbonyl (C=O) groups is 1. The number of benzene rings is 1. The number of nitrogen functional groups attached to an aromatic ring is 1. The van der Waals surface area contributed by atoms with Gasteiger partial charge in [0, 0.05) is 6.07 Å². The van der Waals surface area contributed by atoms with E-state index >= 15 is 0 Å². The highest BCUT2D eigenvalue weighted by molar-refractivity contribution is 5.92. The van der Waals surface area contributed by atoms with Crippen LogP contribution in [0.15, 0.2) is 24.4 Å². The summed E-state index contributed by atoms with van der Waals surface area (Å²) in [7, 11) is 0. The second-order valence-electron chi connectivity index (χ2n) is 3.26. The van der Waals surface area contributed by atoms with Crippen LogP contribution >= 0.6 is 0 Å². The van der Waals surface area contributed by atoms with Gasteiger partial charge in [0.2, 0.25) is 0 Å². The lowest BCUT2D eigenvalue weighted by molar-refractivity contribution is 0.0698. The van der Waals surface area contributed by atoms with Crippen molar-refractivity contribution in [3.8, 4) is 5.69 Å². The molecule has 0 aliphatic rings. The summed E-state index contributed by atoms with van der Waals surface area (Å²) in [5, 5.41) is 12.4. The average molecular weight is 239 g/mol. The molecule has 0 saturated carbocycles. The van der Waals surface area contributed by atoms with E-state index in [0.29, 0.717) is 0 Å². The molecule has 1 aromatic carbocycles. The van der Waals surface area contributed by atoms with Crippen LogP contribution in [0.4, 0.5) is 14.6 Å². The molecule has 17 heavy (non-hydrogen) atoms. The first-order valence-electron chi connectivity index (χ1n) is 4.53. The number of hydrogen-bond acceptors (Lipinski definition) is 3. The van der Waals surface area contributed by atoms with Gasteiger partial charge in [-0.25, -0.2) is 18.3 Å². The molecule has 0 atom stereocenters. The molecule has 0 bridgehead atoms. The maximum absolute atomic E-state index is 13.4. The second kappa shape index (κ2) is 3.85. The molecule has 2 rings (SSSR count). The lowest BCUT2D eigenvalue weighted by atomic mass is 10.3. The van der Waals surface area contributed by atoms with Gasteiger partial charge in [-0.1, -0.05) is 0 Å². The van der Waals surface area contributed by atoms with Crippen LogP contribution in [0.2, 0.25) is 0 Å². The van der Waals surface area contributed by atoms with E-state index in [2.05, 4.69) is 5.10 Å². The summed E-state index contributed by atoms with van der Waals surface area (Å²) in [4.78, 5) is 10.7. The summed E-state index contributed by atoms with van der Waals surface area (Å²) in [5.41, 5.74) is 4.98. The summed E-state index contributed by atoms with van der Waals surface area (Å²) in [5.74, 6) is -2.97. The minimum atomic E-state index is -1.29. The number of hydrogen-bond donors (Lipinski definition) is 2. The Morgan fingerprint density at radius 1 is 1.41 bits per heavy atom. The van der Waals surface area contributed by atoms with Crippen molar-refractivity contribution < 1.29 is 18.7 Å². The molecule has 0 aliphatic heterocycles. The average Bonchev–Trinajstić information content (AvgIpc) is 2.64. The van der Waals surface area contributed by atoms with Crippen LogP contribution in [0.25, 0.3) is 5.69 Å². The van der Waals surface area contributed by atoms with E-state index < -0.39 is 17.6 Å². The number of aromatic carboxylic acids is 1. The van der Waals surface area contributed by atoms with Crippen molar-refractivity contribution in [2.75, 3.05) is 5.73 Å². The van der Waals surface area contributed by atoms with Crippen molar-refractivity contribution >= 4 is 11.8 Å². The van der Waals surface area contributed by atoms with Gasteiger partial charge in [-0.3, -0.25) is 0 Å². The van der Waals surface area contributed by atoms with Gasteiger partial charge in [0.15, 0.2) is 0 Å². The molecule has 0 amide bonds. The Kier molecular flexibility index (Phi) is 2.51. The van der Waals surface area contributed by atoms with E-state index in [4.69, 9.17) is 10.8 Å². The van der Waals surface area contributed by atoms with E-state index in [9.17, 15) is 13.6 Å². The Morgan fingerprint density at radius 2 is 2.12 bits per heavy atom. The number of nitrogens with two attached hydrogens (primary N) is 1. The number of aromatic nitrogens is 2. The Bertz CT molecular complexity index is 595. The third kappa shape index (κ3) is 1.82. The number of halogens is 2. The zero-order chi connectivity index (χ0) is 12.6. The Hall–Kier alpha value is -2.44. The molecule has 0 aliphatic carbocycles. The first-order chi connectivity index (χ1) is 8.00. The molecule has 5 nitrogen and oxygen atoms in total. The van der Waals surface area contributed by atoms with Crippen LogP contribution in [0.3, 0.4) is 0 Å². The van der Waals surface area contributed by atoms with Crippen molar-refractivity contribution in [2.24, 2.45) is 0 Å². The third-order valence-corrected chi connectivity index (χ3v) is 2.17. The molecule has 2 aromatic rings. The highest BCUT2D eigenvalue weighted by atomic mass is 19.1. The molecule has 1 aromatic heterocycles. The molecule has 0 spiro atoms. The van der Waals surface area contributed by atoms with Gasteiger partial charge in [0.25, 0.3) is 0 Å². The minimum Gasteiger partial charge on any atom is -0.477 e. The monoisotopic (exact) mass is 239 g/mol. The molecule has 0 saturated heterocycles. The van der Waals surface area contributed by atoms with Gasteiger partial charge >= 0.3 is 5.97 Å². The lowest BCUT2D eigenvalue weighted by Crippen LogP contribution is -2.07. The van der Waals surface area contributed by atoms with Crippen LogP contribution in [0.1, 0.15) is 10.4 Å². The predicted molar refractivity (Wildman–Crippen MR) is 54.9 cm³/mol. The van der Waals surface area contributed by atoms with Gasteiger partial charge in [0.05, 0.1) is 6.20 Å². The molecule has 7 heteroatoms. The Labute approximate surface area is 94.1 Å². The van der Waals surface area contributed by atoms with Crippen LogP contribution < -0.4 is 5.73 Å². The van der Waals surface area contributed by atoms with E-state index in [1.165, 1.54) is 0 Å². The SMILES string of the molecule is Nc1c(C(=O)O)cnn1-c1cc(F)ccc1F. The summed E-state index contributed by atoms with van der Waals surface area (Å²) < 4.78 is 27.2. The van der Waals surface area contributed by atoms with E-state index in [0.717, 1.165) is 29.1 Å². The van der Waals surface area contributed by atoms with Crippen LogP contribution in [0, 0.1) is 11.6 Å². The van der Waals surface area contributed by atoms with Crippen molar-refractivity contribution in [1.29, 1.82) is 0 Å². The summed E-state index contributed by atoms with van der Waals surface area (Å²) in [6, 6.07) is 2.73. The Morgan fingerprint density at radius 3 is 2.71 bits per heavy atom. The number of carboxylic acids is 1. The number of nitrogens with zero attached hydrogens (tertiary/aromatic N) is 2. The van der Waals surface area contributed by atoms with E-state index in [1.54, 1.807) is 0 Å². The number of carboxylic acid groups (broad SMARTS) is 1. The van der Waals surface area contributed by atoms with Gasteiger partial charge in [-0.15, -0.1) is 0 Å². The summed E-state index contributed by atoms with van der Waals surface area (Å²) in [6.07, 6.45) is 0.974. The molecule has 3 N–H and O–H groups in total. The molecule has 0 fully saturated rings. The fourth-order valence-corrected chi connectivity index (χ4v) is 1.36. The fourth-order valence-electron chi connectivity index (χ4n) is 1.36. The largest absolute Gasteiger partial charge is 0.477 e. The topological polar surface area (TPSA) is 81.1 Å². The molecule has 0 unspecified atom stereocenters. The molecule has 88 valence electrons. The maximum atomic E-state index is 13.4. The van der Waals surface area contributed by atoms with Crippen molar-refractivity contribution in [1.82, 2.24) is 9.78 Å². The van der Waals surface area contributed by atoms with Crippen molar-refractivity contribution in [3.05, 3.63) is 41.6 Å². The zero-order valence-corrected chi connectivity index (χ0v) is 8.39. The smallest absolute Gasteiger partial charge is 0.341 e. The maximum Gasteiger partial charge on any atom is 0.341 e. The second-order valence-corrected chi connectivity index (χ2v) is 3.26. The first kappa shape index (κ1) is 11.1. The normalized spacial score (nSPS) is 10.5. The number of anilines is 1. The van der Waals surface area contributed by atoms with Crippen LogP contribution in [-0.2, 0) is 0 Å². The summed E-state index contributed by atoms with van der Waals surface area (Å²) in [6.45, 7) is 0. The fraction of sp³-hybridized carbons (Fsp3) is 0. The highest BCUT2D eigenvalue weighted by Crippen LogP contribution is 2.20. The Balaban J connectivity index is 2.61. The molecular weight excluding hydrogens is 232 g/mol. The zero-order valence-electron chi connectivity index (χ0n) is 8.39. The minimum absolute atomic E-state index is 0.241. The number of rotatable bonds is 2. The van der Waals surface area contributed by atoms with Crippen LogP contribution in [-0.4, -0.2) is 20.9 Å². The first-order valence-corrected chi connectivity index (χ1v) is 4.53. The predicted octanol–water partition coefficient (Wildman–Crippen LogP) is 1.43. The van der Waals surface area contributed by atoms with Crippen molar-refractivity contribution in [2.45, 2.75) is 0 Å². The standard InChI is InChI=1S/C10H7F2N3O2/c11-5-1-2-7(12)8(3-5)15-9(13)6(4-14-15)10(16)17/h1-4H,13H2,(H,16,17). The molecule has 0 radical (unpaired) electrons. The summed E-state index contributed by atoms with van der Waals surface area (Å²) >= 11 is 0. The van der Waals surface area contributed by atoms with Gasteiger partial charge in [-0.05, 0) is 12.1 Å². The quantitative estimate of drug-likeness (QED) is 0.830. The van der Waals surface area contributed by atoms with E-state index in [-0.39, 0.29) is 17.1 Å². The molecule has 1 heterocycles. The van der Waals surface area contributed by atoms with Crippen molar-refractivity contribution in [3.63, 3.8) is 0 Å². The van der Waals surface area contributed by atoms with Crippen LogP contribution in [0.5, 0.6) is 0 Å². The van der Waals surface area contributed by atoms with Gasteiger partial charge in [-0.2, -0.15) is 5.10 Å². The van der Waals surface area contributed by atoms with Gasteiger partial charge < -0.3 is 10.8 Å². The third-order valence-electron chi connectivity index (χ3n) is 2.17.